The summed E-state index contributed by atoms with van der Waals surface area (Å²) in [5.74, 6) is 0.0555. The maximum absolute atomic E-state index is 12.0. The lowest BCUT2D eigenvalue weighted by Crippen LogP contribution is -2.24. The van der Waals surface area contributed by atoms with E-state index in [4.69, 9.17) is 14.6 Å². The number of rotatable bonds is 6. The Kier molecular flexibility index (Phi) is 7.82. The third kappa shape index (κ3) is 5.23. The van der Waals surface area contributed by atoms with Crippen LogP contribution in [0.2, 0.25) is 0 Å². The Hall–Kier alpha value is -2.13. The molecule has 3 rings (SSSR count). The molecule has 0 aromatic carbocycles. The fourth-order valence-corrected chi connectivity index (χ4v) is 3.22. The average molecular weight is 456 g/mol. The number of aryl methyl sites for hydroxylation is 2. The summed E-state index contributed by atoms with van der Waals surface area (Å²) in [6.07, 6.45) is 2.12. The van der Waals surface area contributed by atoms with E-state index in [-0.39, 0.29) is 5.56 Å². The average Bonchev–Trinajstić information content (AvgIpc) is 2.94. The van der Waals surface area contributed by atoms with Gasteiger partial charge in [0.05, 0.1) is 18.8 Å². The SMILES string of the molecule is CC(C)C.COCCCOc1nn2c(c1Br)-c1cc(=O)c(C(=O)O)cn1CC2. The van der Waals surface area contributed by atoms with Gasteiger partial charge in [0.1, 0.15) is 15.7 Å². The highest BCUT2D eigenvalue weighted by Crippen LogP contribution is 2.37. The number of aromatic nitrogens is 3. The van der Waals surface area contributed by atoms with E-state index in [0.29, 0.717) is 48.0 Å². The minimum atomic E-state index is -1.23. The van der Waals surface area contributed by atoms with Crippen molar-refractivity contribution in [2.45, 2.75) is 40.3 Å². The van der Waals surface area contributed by atoms with Crippen molar-refractivity contribution in [3.8, 4) is 17.3 Å². The molecule has 0 saturated heterocycles. The third-order valence-corrected chi connectivity index (χ3v) is 4.47. The lowest BCUT2D eigenvalue weighted by atomic mass is 10.1. The molecule has 0 atom stereocenters. The van der Waals surface area contributed by atoms with Gasteiger partial charge in [-0.05, 0) is 21.8 Å². The summed E-state index contributed by atoms with van der Waals surface area (Å²) < 4.78 is 14.8. The van der Waals surface area contributed by atoms with Gasteiger partial charge in [0.15, 0.2) is 5.43 Å². The molecule has 0 bridgehead atoms. The first kappa shape index (κ1) is 22.2. The second-order valence-corrected chi connectivity index (χ2v) is 7.85. The Labute approximate surface area is 172 Å². The van der Waals surface area contributed by atoms with E-state index in [1.54, 1.807) is 16.4 Å². The minimum Gasteiger partial charge on any atom is -0.477 e. The Morgan fingerprint density at radius 2 is 2.00 bits per heavy atom. The molecule has 0 spiro atoms. The molecular formula is C19H26BrN3O5. The first-order valence-electron chi connectivity index (χ1n) is 9.12. The Morgan fingerprint density at radius 3 is 2.61 bits per heavy atom. The number of hydrogen-bond acceptors (Lipinski definition) is 5. The number of nitrogens with zero attached hydrogens (tertiary/aromatic N) is 3. The fraction of sp³-hybridized carbons (Fsp3) is 0.526. The van der Waals surface area contributed by atoms with E-state index in [9.17, 15) is 9.59 Å². The van der Waals surface area contributed by atoms with Gasteiger partial charge in [-0.3, -0.25) is 9.48 Å². The summed E-state index contributed by atoms with van der Waals surface area (Å²) in [5.41, 5.74) is 0.552. The van der Waals surface area contributed by atoms with Gasteiger partial charge >= 0.3 is 5.97 Å². The van der Waals surface area contributed by atoms with Gasteiger partial charge in [0.2, 0.25) is 5.88 Å². The van der Waals surface area contributed by atoms with E-state index in [1.165, 1.54) is 12.3 Å². The second-order valence-electron chi connectivity index (χ2n) is 7.05. The van der Waals surface area contributed by atoms with Gasteiger partial charge in [-0.15, -0.1) is 5.10 Å². The first-order valence-corrected chi connectivity index (χ1v) is 9.91. The number of fused-ring (bicyclic) bond motifs is 3. The van der Waals surface area contributed by atoms with Gasteiger partial charge in [-0.2, -0.15) is 0 Å². The van der Waals surface area contributed by atoms with E-state index in [1.807, 2.05) is 0 Å². The van der Waals surface area contributed by atoms with Crippen LogP contribution in [0.4, 0.5) is 0 Å². The van der Waals surface area contributed by atoms with Gasteiger partial charge in [0, 0.05) is 38.9 Å². The number of aromatic carboxylic acids is 1. The third-order valence-electron chi connectivity index (χ3n) is 3.75. The number of ether oxygens (including phenoxy) is 2. The fourth-order valence-electron chi connectivity index (χ4n) is 2.62. The summed E-state index contributed by atoms with van der Waals surface area (Å²) >= 11 is 3.48. The summed E-state index contributed by atoms with van der Waals surface area (Å²) in [5, 5.41) is 13.5. The maximum atomic E-state index is 12.0. The van der Waals surface area contributed by atoms with Crippen molar-refractivity contribution in [1.29, 1.82) is 0 Å². The standard InChI is InChI=1S/C15H16BrN3O5.C4H10/c1-23-5-2-6-24-14-12(16)13-10-7-11(20)9(15(21)22)8-18(10)3-4-19(13)17-14;1-4(2)3/h7-8H,2-6H2,1H3,(H,21,22);4H,1-3H3. The molecule has 0 aliphatic carbocycles. The lowest BCUT2D eigenvalue weighted by Gasteiger charge is -2.20. The van der Waals surface area contributed by atoms with Crippen molar-refractivity contribution in [1.82, 2.24) is 14.3 Å². The van der Waals surface area contributed by atoms with Crippen LogP contribution < -0.4 is 10.2 Å². The van der Waals surface area contributed by atoms with Crippen molar-refractivity contribution in [3.63, 3.8) is 0 Å². The second kappa shape index (κ2) is 9.88. The van der Waals surface area contributed by atoms with Crippen LogP contribution in [0.3, 0.4) is 0 Å². The summed E-state index contributed by atoms with van der Waals surface area (Å²) in [7, 11) is 1.63. The smallest absolute Gasteiger partial charge is 0.341 e. The number of carboxylic acids is 1. The molecule has 2 aromatic rings. The molecule has 0 amide bonds. The van der Waals surface area contributed by atoms with Gasteiger partial charge in [0.25, 0.3) is 0 Å². The van der Waals surface area contributed by atoms with Crippen LogP contribution in [0.25, 0.3) is 11.4 Å². The summed E-state index contributed by atoms with van der Waals surface area (Å²) in [4.78, 5) is 23.1. The van der Waals surface area contributed by atoms with Crippen LogP contribution in [0.5, 0.6) is 5.88 Å². The van der Waals surface area contributed by atoms with Crippen molar-refractivity contribution >= 4 is 21.9 Å². The molecule has 2 aromatic heterocycles. The Bertz CT molecular complexity index is 886. The minimum absolute atomic E-state index is 0.237. The van der Waals surface area contributed by atoms with Crippen LogP contribution in [0.15, 0.2) is 21.5 Å². The number of halogens is 1. The first-order chi connectivity index (χ1) is 13.3. The van der Waals surface area contributed by atoms with Crippen LogP contribution in [0.1, 0.15) is 37.6 Å². The normalized spacial score (nSPS) is 12.1. The molecule has 3 heterocycles. The van der Waals surface area contributed by atoms with E-state index in [2.05, 4.69) is 41.8 Å². The monoisotopic (exact) mass is 455 g/mol. The number of carbonyl (C=O) groups is 1. The largest absolute Gasteiger partial charge is 0.477 e. The molecule has 0 radical (unpaired) electrons. The molecule has 0 unspecified atom stereocenters. The van der Waals surface area contributed by atoms with Crippen LogP contribution in [0, 0.1) is 5.92 Å². The van der Waals surface area contributed by atoms with Gasteiger partial charge < -0.3 is 19.1 Å². The molecule has 0 fully saturated rings. The molecule has 1 N–H and O–H groups in total. The van der Waals surface area contributed by atoms with Crippen molar-refractivity contribution in [2.24, 2.45) is 5.92 Å². The van der Waals surface area contributed by atoms with Gasteiger partial charge in [-0.25, -0.2) is 4.79 Å². The van der Waals surface area contributed by atoms with Crippen LogP contribution >= 0.6 is 15.9 Å². The zero-order valence-corrected chi connectivity index (χ0v) is 18.2. The molecule has 0 saturated carbocycles. The highest BCUT2D eigenvalue weighted by atomic mass is 79.9. The molecule has 9 heteroatoms. The van der Waals surface area contributed by atoms with E-state index in [0.717, 1.165) is 12.3 Å². The maximum Gasteiger partial charge on any atom is 0.341 e. The molecule has 1 aliphatic heterocycles. The Balaban J connectivity index is 0.000000640. The quantitative estimate of drug-likeness (QED) is 0.671. The van der Waals surface area contributed by atoms with Crippen molar-refractivity contribution in [2.75, 3.05) is 20.3 Å². The summed E-state index contributed by atoms with van der Waals surface area (Å²) in [6, 6.07) is 1.33. The number of pyridine rings is 1. The van der Waals surface area contributed by atoms with Crippen molar-refractivity contribution < 1.29 is 19.4 Å². The van der Waals surface area contributed by atoms with Gasteiger partial charge in [-0.1, -0.05) is 20.8 Å². The summed E-state index contributed by atoms with van der Waals surface area (Å²) in [6.45, 7) is 8.65. The number of carboxylic acid groups (broad SMARTS) is 1. The highest BCUT2D eigenvalue weighted by molar-refractivity contribution is 9.10. The number of hydrogen-bond donors (Lipinski definition) is 1. The lowest BCUT2D eigenvalue weighted by molar-refractivity contribution is 0.0694. The molecule has 8 nitrogen and oxygen atoms in total. The van der Waals surface area contributed by atoms with Crippen LogP contribution in [-0.4, -0.2) is 45.7 Å². The molecule has 28 heavy (non-hydrogen) atoms. The topological polar surface area (TPSA) is 95.6 Å². The highest BCUT2D eigenvalue weighted by Gasteiger charge is 2.25. The molecule has 154 valence electrons. The predicted molar refractivity (Wildman–Crippen MR) is 109 cm³/mol. The van der Waals surface area contributed by atoms with E-state index >= 15 is 0 Å². The predicted octanol–water partition coefficient (Wildman–Crippen LogP) is 3.26. The van der Waals surface area contributed by atoms with E-state index < -0.39 is 11.4 Å². The molecular weight excluding hydrogens is 430 g/mol. The Morgan fingerprint density at radius 1 is 1.32 bits per heavy atom. The zero-order valence-electron chi connectivity index (χ0n) is 16.6. The van der Waals surface area contributed by atoms with Crippen molar-refractivity contribution in [3.05, 3.63) is 32.5 Å². The van der Waals surface area contributed by atoms with Crippen LogP contribution in [-0.2, 0) is 17.8 Å². The zero-order chi connectivity index (χ0) is 20.8. The number of methoxy groups -OCH3 is 1. The molecule has 1 aliphatic rings.